The molecular weight excluding hydrogens is 448 g/mol. The number of H-pyrrole nitrogens is 1. The molecule has 1 aliphatic rings. The molecule has 1 amide bonds. The van der Waals surface area contributed by atoms with E-state index in [9.17, 15) is 4.79 Å². The topological polar surface area (TPSA) is 93.4 Å². The van der Waals surface area contributed by atoms with Crippen LogP contribution in [0.5, 0.6) is 0 Å². The van der Waals surface area contributed by atoms with Gasteiger partial charge >= 0.3 is 0 Å². The molecule has 36 heavy (non-hydrogen) atoms. The first-order valence-electron chi connectivity index (χ1n) is 12.0. The van der Waals surface area contributed by atoms with E-state index >= 15 is 0 Å². The molecule has 1 aliphatic heterocycles. The lowest BCUT2D eigenvalue weighted by Crippen LogP contribution is -2.11. The lowest BCUT2D eigenvalue weighted by Gasteiger charge is -2.12. The molecular formula is C30H26N4O2. The van der Waals surface area contributed by atoms with E-state index in [2.05, 4.69) is 55.0 Å². The second kappa shape index (κ2) is 8.34. The molecule has 3 heterocycles. The summed E-state index contributed by atoms with van der Waals surface area (Å²) in [5, 5.41) is 2.04. The van der Waals surface area contributed by atoms with Gasteiger partial charge in [-0.05, 0) is 59.4 Å². The minimum absolute atomic E-state index is 0.395. The highest BCUT2D eigenvalue weighted by molar-refractivity contribution is 6.20. The monoisotopic (exact) mass is 474 g/mol. The van der Waals surface area contributed by atoms with Gasteiger partial charge in [-0.25, -0.2) is 4.99 Å². The van der Waals surface area contributed by atoms with Gasteiger partial charge in [0.2, 0.25) is 5.90 Å². The fourth-order valence-electron chi connectivity index (χ4n) is 5.02. The maximum atomic E-state index is 12.3. The number of aliphatic imine (C=N–C) groups is 1. The van der Waals surface area contributed by atoms with Crippen molar-refractivity contribution in [3.05, 3.63) is 94.8 Å². The standard InChI is InChI=1S/C30H26N4O2/c1-16(2)18-7-8-22-26(13-18)33-28-23(29(31)35)10-9-21(27(22)28)20-5-4-6-25(17(20)3)34-30-24-14-32-12-11-19(24)15-36-30/h4-14,16,33H,15H2,1-3H3,(H2,31,35). The van der Waals surface area contributed by atoms with Crippen molar-refractivity contribution in [1.82, 2.24) is 9.97 Å². The summed E-state index contributed by atoms with van der Waals surface area (Å²) in [6.07, 6.45) is 3.56. The lowest BCUT2D eigenvalue weighted by atomic mass is 9.93. The number of carbonyl (C=O) groups excluding carboxylic acids is 1. The SMILES string of the molecule is Cc1c(N=C2OCc3ccncc32)cccc1-c1ccc(C(N)=O)c2[nH]c3cc(C(C)C)ccc3c12. The van der Waals surface area contributed by atoms with Crippen LogP contribution in [0.2, 0.25) is 0 Å². The first-order valence-corrected chi connectivity index (χ1v) is 12.0. The first kappa shape index (κ1) is 22.0. The van der Waals surface area contributed by atoms with Crippen molar-refractivity contribution < 1.29 is 9.53 Å². The minimum atomic E-state index is -0.454. The second-order valence-electron chi connectivity index (χ2n) is 9.55. The number of nitrogens with one attached hydrogen (secondary N) is 1. The van der Waals surface area contributed by atoms with Crippen molar-refractivity contribution in [3.63, 3.8) is 0 Å². The average molecular weight is 475 g/mol. The number of rotatable bonds is 4. The van der Waals surface area contributed by atoms with Gasteiger partial charge < -0.3 is 15.5 Å². The van der Waals surface area contributed by atoms with Gasteiger partial charge in [0.05, 0.1) is 22.3 Å². The van der Waals surface area contributed by atoms with E-state index in [1.54, 1.807) is 18.5 Å². The average Bonchev–Trinajstić information content (AvgIpc) is 3.46. The first-order chi connectivity index (χ1) is 17.4. The Morgan fingerprint density at radius 3 is 2.75 bits per heavy atom. The summed E-state index contributed by atoms with van der Waals surface area (Å²) < 4.78 is 5.87. The van der Waals surface area contributed by atoms with Gasteiger partial charge in [0.15, 0.2) is 0 Å². The molecule has 2 aromatic heterocycles. The molecule has 6 rings (SSSR count). The zero-order chi connectivity index (χ0) is 25.0. The van der Waals surface area contributed by atoms with Crippen molar-refractivity contribution in [1.29, 1.82) is 0 Å². The molecule has 0 unspecified atom stereocenters. The smallest absolute Gasteiger partial charge is 0.250 e. The molecule has 5 aromatic rings. The van der Waals surface area contributed by atoms with Gasteiger partial charge in [0, 0.05) is 34.2 Å². The largest absolute Gasteiger partial charge is 0.472 e. The summed E-state index contributed by atoms with van der Waals surface area (Å²) in [5.74, 6) is 0.526. The van der Waals surface area contributed by atoms with Gasteiger partial charge in [-0.2, -0.15) is 0 Å². The Morgan fingerprint density at radius 2 is 1.94 bits per heavy atom. The fraction of sp³-hybridized carbons (Fsp3) is 0.167. The number of aromatic amines is 1. The van der Waals surface area contributed by atoms with E-state index in [4.69, 9.17) is 15.5 Å². The third-order valence-electron chi connectivity index (χ3n) is 7.03. The Hall–Kier alpha value is -4.45. The normalized spacial score (nSPS) is 14.1. The summed E-state index contributed by atoms with van der Waals surface area (Å²) in [4.78, 5) is 24.9. The van der Waals surface area contributed by atoms with Crippen molar-refractivity contribution in [2.75, 3.05) is 0 Å². The number of primary amides is 1. The van der Waals surface area contributed by atoms with Gasteiger partial charge in [-0.1, -0.05) is 44.2 Å². The van der Waals surface area contributed by atoms with Crippen molar-refractivity contribution in [2.24, 2.45) is 10.7 Å². The number of pyridine rings is 1. The van der Waals surface area contributed by atoms with E-state index < -0.39 is 5.91 Å². The molecule has 0 saturated heterocycles. The van der Waals surface area contributed by atoms with Gasteiger partial charge in [0.25, 0.3) is 5.91 Å². The maximum Gasteiger partial charge on any atom is 0.250 e. The van der Waals surface area contributed by atoms with E-state index in [1.165, 1.54) is 5.56 Å². The highest BCUT2D eigenvalue weighted by Gasteiger charge is 2.21. The predicted molar refractivity (Wildman–Crippen MR) is 144 cm³/mol. The third-order valence-corrected chi connectivity index (χ3v) is 7.03. The third kappa shape index (κ3) is 3.45. The van der Waals surface area contributed by atoms with Crippen LogP contribution in [0.25, 0.3) is 32.9 Å². The van der Waals surface area contributed by atoms with Crippen LogP contribution in [0.4, 0.5) is 5.69 Å². The molecule has 0 radical (unpaired) electrons. The molecule has 0 aliphatic carbocycles. The number of aromatic nitrogens is 2. The highest BCUT2D eigenvalue weighted by atomic mass is 16.5. The van der Waals surface area contributed by atoms with Crippen molar-refractivity contribution >= 4 is 39.3 Å². The molecule has 178 valence electrons. The molecule has 0 bridgehead atoms. The molecule has 0 saturated carbocycles. The molecule has 6 heteroatoms. The predicted octanol–water partition coefficient (Wildman–Crippen LogP) is 6.52. The second-order valence-corrected chi connectivity index (χ2v) is 9.55. The molecule has 0 atom stereocenters. The minimum Gasteiger partial charge on any atom is -0.472 e. The number of hydrogen-bond donors (Lipinski definition) is 2. The summed E-state index contributed by atoms with van der Waals surface area (Å²) >= 11 is 0. The van der Waals surface area contributed by atoms with E-state index in [-0.39, 0.29) is 0 Å². The van der Waals surface area contributed by atoms with Crippen LogP contribution in [0.15, 0.2) is 72.0 Å². The molecule has 6 nitrogen and oxygen atoms in total. The van der Waals surface area contributed by atoms with Crippen LogP contribution in [0, 0.1) is 6.92 Å². The van der Waals surface area contributed by atoms with Gasteiger partial charge in [-0.15, -0.1) is 0 Å². The van der Waals surface area contributed by atoms with Crippen LogP contribution >= 0.6 is 0 Å². The van der Waals surface area contributed by atoms with Gasteiger partial charge in [-0.3, -0.25) is 9.78 Å². The number of benzene rings is 3. The lowest BCUT2D eigenvalue weighted by molar-refractivity contribution is 0.100. The summed E-state index contributed by atoms with van der Waals surface area (Å²) in [6, 6.07) is 18.3. The van der Waals surface area contributed by atoms with Gasteiger partial charge in [0.1, 0.15) is 6.61 Å². The Labute approximate surface area is 208 Å². The Balaban J connectivity index is 1.57. The number of nitrogens with two attached hydrogens (primary N) is 1. The number of amides is 1. The van der Waals surface area contributed by atoms with E-state index in [1.807, 2.05) is 24.3 Å². The fourth-order valence-corrected chi connectivity index (χ4v) is 5.02. The van der Waals surface area contributed by atoms with E-state index in [0.717, 1.165) is 55.3 Å². The van der Waals surface area contributed by atoms with Crippen molar-refractivity contribution in [2.45, 2.75) is 33.3 Å². The van der Waals surface area contributed by atoms with E-state index in [0.29, 0.717) is 24.0 Å². The number of fused-ring (bicyclic) bond motifs is 4. The van der Waals surface area contributed by atoms with Crippen LogP contribution in [0.3, 0.4) is 0 Å². The number of hydrogen-bond acceptors (Lipinski definition) is 4. The van der Waals surface area contributed by atoms with Crippen LogP contribution in [-0.2, 0) is 11.3 Å². The molecule has 0 spiro atoms. The Bertz CT molecular complexity index is 1710. The molecule has 3 aromatic carbocycles. The zero-order valence-corrected chi connectivity index (χ0v) is 20.4. The maximum absolute atomic E-state index is 12.3. The number of nitrogens with zero attached hydrogens (tertiary/aromatic N) is 2. The Kier molecular flexibility index (Phi) is 5.11. The van der Waals surface area contributed by atoms with Crippen LogP contribution < -0.4 is 5.73 Å². The van der Waals surface area contributed by atoms with Crippen LogP contribution in [-0.4, -0.2) is 21.8 Å². The summed E-state index contributed by atoms with van der Waals surface area (Å²) in [5.41, 5.74) is 15.1. The molecule has 3 N–H and O–H groups in total. The zero-order valence-electron chi connectivity index (χ0n) is 20.4. The number of carbonyl (C=O) groups is 1. The highest BCUT2D eigenvalue weighted by Crippen LogP contribution is 2.40. The molecule has 0 fully saturated rings. The quantitative estimate of drug-likeness (QED) is 0.310. The van der Waals surface area contributed by atoms with Crippen LogP contribution in [0.1, 0.15) is 52.4 Å². The number of ether oxygens (including phenoxy) is 1. The summed E-state index contributed by atoms with van der Waals surface area (Å²) in [7, 11) is 0. The Morgan fingerprint density at radius 1 is 1.08 bits per heavy atom. The summed E-state index contributed by atoms with van der Waals surface area (Å²) in [6.45, 7) is 6.90. The van der Waals surface area contributed by atoms with Crippen molar-refractivity contribution in [3.8, 4) is 11.1 Å².